The summed E-state index contributed by atoms with van der Waals surface area (Å²) in [5.74, 6) is 0. The molecule has 3 aromatic rings. The third-order valence-electron chi connectivity index (χ3n) is 3.81. The minimum atomic E-state index is -0.231. The Bertz CT molecular complexity index is 964. The summed E-state index contributed by atoms with van der Waals surface area (Å²) in [5, 5.41) is 8.27. The number of hydrogen-bond donors (Lipinski definition) is 2. The number of nitrogens with one attached hydrogen (secondary N) is 2. The first-order valence-corrected chi connectivity index (χ1v) is 8.32. The number of rotatable bonds is 5. The van der Waals surface area contributed by atoms with Crippen molar-refractivity contribution in [3.8, 4) is 0 Å². The maximum atomic E-state index is 12.7. The van der Waals surface area contributed by atoms with Gasteiger partial charge in [0.25, 0.3) is 0 Å². The van der Waals surface area contributed by atoms with Crippen LogP contribution in [-0.2, 0) is 0 Å². The summed E-state index contributed by atoms with van der Waals surface area (Å²) in [7, 11) is 0. The van der Waals surface area contributed by atoms with E-state index in [1.165, 1.54) is 5.56 Å². The molecule has 26 heavy (non-hydrogen) atoms. The Hall–Kier alpha value is -3.47. The van der Waals surface area contributed by atoms with Crippen LogP contribution in [0.3, 0.4) is 0 Å². The molecule has 0 aliphatic heterocycles. The molecule has 0 bridgehead atoms. The Morgan fingerprint density at radius 2 is 1.31 bits per heavy atom. The van der Waals surface area contributed by atoms with E-state index in [-0.39, 0.29) is 11.1 Å². The van der Waals surface area contributed by atoms with Crippen LogP contribution in [0.5, 0.6) is 0 Å². The first-order chi connectivity index (χ1) is 12.6. The molecule has 5 heteroatoms. The van der Waals surface area contributed by atoms with E-state index in [0.717, 1.165) is 11.3 Å². The van der Waals surface area contributed by atoms with Crippen LogP contribution < -0.4 is 16.3 Å². The fourth-order valence-corrected chi connectivity index (χ4v) is 2.26. The Labute approximate surface area is 152 Å². The van der Waals surface area contributed by atoms with Gasteiger partial charge in [-0.1, -0.05) is 47.5 Å². The van der Waals surface area contributed by atoms with Crippen molar-refractivity contribution in [1.82, 2.24) is 0 Å². The monoisotopic (exact) mass is 344 g/mol. The lowest BCUT2D eigenvalue weighted by molar-refractivity contribution is 1.22. The summed E-state index contributed by atoms with van der Waals surface area (Å²) < 4.78 is 0. The second kappa shape index (κ2) is 8.07. The molecule has 5 nitrogen and oxygen atoms in total. The lowest BCUT2D eigenvalue weighted by atomic mass is 10.2. The van der Waals surface area contributed by atoms with Crippen LogP contribution in [0.1, 0.15) is 11.1 Å². The SMILES string of the molecule is Cc1ccc(N=Nc2ccccc(NNc3ccc(C)cc3)c2=O)cc1. The molecule has 0 spiro atoms. The van der Waals surface area contributed by atoms with Crippen molar-refractivity contribution in [3.05, 3.63) is 94.1 Å². The molecule has 3 rings (SSSR count). The van der Waals surface area contributed by atoms with Crippen molar-refractivity contribution < 1.29 is 0 Å². The van der Waals surface area contributed by atoms with Gasteiger partial charge in [0, 0.05) is 0 Å². The van der Waals surface area contributed by atoms with E-state index in [1.807, 2.05) is 62.4 Å². The number of hydrogen-bond acceptors (Lipinski definition) is 5. The van der Waals surface area contributed by atoms with Crippen molar-refractivity contribution in [2.24, 2.45) is 10.2 Å². The van der Waals surface area contributed by atoms with Crippen molar-refractivity contribution in [2.45, 2.75) is 13.8 Å². The fourth-order valence-electron chi connectivity index (χ4n) is 2.26. The Morgan fingerprint density at radius 3 is 2.00 bits per heavy atom. The molecule has 0 amide bonds. The maximum Gasteiger partial charge on any atom is 0.230 e. The van der Waals surface area contributed by atoms with Crippen molar-refractivity contribution in [3.63, 3.8) is 0 Å². The standard InChI is InChI=1S/C21H20N4O/c1-15-7-11-17(12-8-15)22-24-19-5-3-4-6-20(21(19)26)25-23-18-13-9-16(2)10-14-18/h3-14,22H,1-2H3,(H,24,26). The molecule has 0 fully saturated rings. The Morgan fingerprint density at radius 1 is 0.692 bits per heavy atom. The van der Waals surface area contributed by atoms with Gasteiger partial charge in [-0.2, -0.15) is 5.11 Å². The zero-order valence-electron chi connectivity index (χ0n) is 14.7. The van der Waals surface area contributed by atoms with Gasteiger partial charge in [0.2, 0.25) is 5.43 Å². The third kappa shape index (κ3) is 4.54. The van der Waals surface area contributed by atoms with E-state index in [9.17, 15) is 4.79 Å². The molecule has 0 saturated carbocycles. The zero-order chi connectivity index (χ0) is 18.4. The Balaban J connectivity index is 1.80. The number of anilines is 2. The number of azo groups is 1. The number of aryl methyl sites for hydroxylation is 2. The van der Waals surface area contributed by atoms with Crippen LogP contribution >= 0.6 is 0 Å². The molecule has 3 aromatic carbocycles. The molecule has 2 N–H and O–H groups in total. The van der Waals surface area contributed by atoms with E-state index >= 15 is 0 Å². The van der Waals surface area contributed by atoms with Crippen molar-refractivity contribution in [1.29, 1.82) is 0 Å². The summed E-state index contributed by atoms with van der Waals surface area (Å²) in [5.41, 5.74) is 10.3. The van der Waals surface area contributed by atoms with Gasteiger partial charge in [-0.25, -0.2) is 0 Å². The quantitative estimate of drug-likeness (QED) is 0.473. The lowest BCUT2D eigenvalue weighted by Crippen LogP contribution is -2.15. The van der Waals surface area contributed by atoms with Gasteiger partial charge in [0.15, 0.2) is 0 Å². The van der Waals surface area contributed by atoms with E-state index in [0.29, 0.717) is 11.4 Å². The molecule has 0 heterocycles. The average molecular weight is 344 g/mol. The molecule has 0 aliphatic carbocycles. The van der Waals surface area contributed by atoms with E-state index in [1.54, 1.807) is 24.3 Å². The van der Waals surface area contributed by atoms with Crippen LogP contribution in [0.2, 0.25) is 0 Å². The van der Waals surface area contributed by atoms with E-state index in [2.05, 4.69) is 21.1 Å². The highest BCUT2D eigenvalue weighted by Gasteiger charge is 2.03. The highest BCUT2D eigenvalue weighted by Crippen LogP contribution is 2.17. The summed E-state index contributed by atoms with van der Waals surface area (Å²) in [6.07, 6.45) is 0. The summed E-state index contributed by atoms with van der Waals surface area (Å²) >= 11 is 0. The van der Waals surface area contributed by atoms with E-state index in [4.69, 9.17) is 0 Å². The van der Waals surface area contributed by atoms with Gasteiger partial charge in [-0.05, 0) is 50.2 Å². The molecular formula is C21H20N4O. The predicted molar refractivity (Wildman–Crippen MR) is 106 cm³/mol. The topological polar surface area (TPSA) is 65.8 Å². The second-order valence-electron chi connectivity index (χ2n) is 6.00. The second-order valence-corrected chi connectivity index (χ2v) is 6.00. The summed E-state index contributed by atoms with van der Waals surface area (Å²) in [6.45, 7) is 4.03. The van der Waals surface area contributed by atoms with Crippen LogP contribution in [0.4, 0.5) is 22.7 Å². The Kier molecular flexibility index (Phi) is 5.39. The largest absolute Gasteiger partial charge is 0.301 e. The van der Waals surface area contributed by atoms with Crippen LogP contribution in [0.25, 0.3) is 0 Å². The highest BCUT2D eigenvalue weighted by molar-refractivity contribution is 5.56. The highest BCUT2D eigenvalue weighted by atomic mass is 16.1. The van der Waals surface area contributed by atoms with Gasteiger partial charge in [0.05, 0.1) is 11.4 Å². The lowest BCUT2D eigenvalue weighted by Gasteiger charge is -2.08. The number of nitrogens with zero attached hydrogens (tertiary/aromatic N) is 2. The molecule has 0 radical (unpaired) electrons. The number of benzene rings is 2. The molecule has 0 atom stereocenters. The first kappa shape index (κ1) is 17.4. The van der Waals surface area contributed by atoms with Crippen LogP contribution in [0, 0.1) is 13.8 Å². The zero-order valence-corrected chi connectivity index (χ0v) is 14.7. The minimum Gasteiger partial charge on any atom is -0.301 e. The molecule has 130 valence electrons. The van der Waals surface area contributed by atoms with Gasteiger partial charge < -0.3 is 5.43 Å². The van der Waals surface area contributed by atoms with Crippen LogP contribution in [0.15, 0.2) is 87.8 Å². The molecule has 0 saturated heterocycles. The minimum absolute atomic E-state index is 0.231. The fraction of sp³-hybridized carbons (Fsp3) is 0.0952. The van der Waals surface area contributed by atoms with Gasteiger partial charge in [-0.3, -0.25) is 10.2 Å². The van der Waals surface area contributed by atoms with Crippen molar-refractivity contribution >= 4 is 22.7 Å². The van der Waals surface area contributed by atoms with Gasteiger partial charge in [0.1, 0.15) is 11.4 Å². The molecule has 0 aliphatic rings. The summed E-state index contributed by atoms with van der Waals surface area (Å²) in [4.78, 5) is 12.7. The number of hydrazine groups is 1. The molecule has 0 aromatic heterocycles. The smallest absolute Gasteiger partial charge is 0.230 e. The third-order valence-corrected chi connectivity index (χ3v) is 3.81. The maximum absolute atomic E-state index is 12.7. The van der Waals surface area contributed by atoms with Gasteiger partial charge in [-0.15, -0.1) is 5.11 Å². The average Bonchev–Trinajstić information content (AvgIpc) is 2.82. The van der Waals surface area contributed by atoms with Gasteiger partial charge >= 0.3 is 0 Å². The van der Waals surface area contributed by atoms with Crippen molar-refractivity contribution in [2.75, 3.05) is 10.9 Å². The van der Waals surface area contributed by atoms with E-state index < -0.39 is 0 Å². The molecule has 0 unspecified atom stereocenters. The normalized spacial score (nSPS) is 10.7. The molecular weight excluding hydrogens is 324 g/mol. The summed E-state index contributed by atoms with van der Waals surface area (Å²) in [6, 6.07) is 22.4. The predicted octanol–water partition coefficient (Wildman–Crippen LogP) is 5.52. The first-order valence-electron chi connectivity index (χ1n) is 8.32. The van der Waals surface area contributed by atoms with Crippen LogP contribution in [-0.4, -0.2) is 0 Å².